The summed E-state index contributed by atoms with van der Waals surface area (Å²) >= 11 is 3.56. The molecule has 0 amide bonds. The summed E-state index contributed by atoms with van der Waals surface area (Å²) in [5, 5.41) is 31.0. The van der Waals surface area contributed by atoms with Crippen LogP contribution >= 0.6 is 15.9 Å². The van der Waals surface area contributed by atoms with E-state index in [2.05, 4.69) is 20.9 Å². The van der Waals surface area contributed by atoms with Crippen LogP contribution in [0.1, 0.15) is 50.2 Å². The highest BCUT2D eigenvalue weighted by Crippen LogP contribution is 2.35. The Balaban J connectivity index is 2.11. The first-order valence-corrected chi connectivity index (χ1v) is 11.7. The van der Waals surface area contributed by atoms with Gasteiger partial charge in [0.1, 0.15) is 16.9 Å². The van der Waals surface area contributed by atoms with E-state index in [9.17, 15) is 24.5 Å². The molecule has 0 bridgehead atoms. The average molecular weight is 539 g/mol. The van der Waals surface area contributed by atoms with E-state index in [4.69, 9.17) is 9.47 Å². The van der Waals surface area contributed by atoms with Gasteiger partial charge in [0.15, 0.2) is 17.8 Å². The molecular formula is C24H28BrFN2O6. The number of aliphatic hydroxyl groups is 2. The third kappa shape index (κ3) is 6.00. The van der Waals surface area contributed by atoms with E-state index < -0.39 is 23.4 Å². The molecular weight excluding hydrogens is 511 g/mol. The zero-order valence-corrected chi connectivity index (χ0v) is 20.8. The number of benzene rings is 1. The van der Waals surface area contributed by atoms with Gasteiger partial charge in [-0.15, -0.1) is 0 Å². The lowest BCUT2D eigenvalue weighted by molar-refractivity contribution is -0.176. The van der Waals surface area contributed by atoms with Crippen molar-refractivity contribution in [3.8, 4) is 5.75 Å². The highest BCUT2D eigenvalue weighted by Gasteiger charge is 2.26. The van der Waals surface area contributed by atoms with Gasteiger partial charge in [-0.3, -0.25) is 9.78 Å². The van der Waals surface area contributed by atoms with E-state index in [1.54, 1.807) is 25.3 Å². The number of fused-ring (bicyclic) bond motifs is 1. The topological polar surface area (TPSA) is 114 Å². The van der Waals surface area contributed by atoms with Gasteiger partial charge in [0.05, 0.1) is 12.1 Å². The van der Waals surface area contributed by atoms with Crippen molar-refractivity contribution in [2.45, 2.75) is 52.2 Å². The Morgan fingerprint density at radius 1 is 1.26 bits per heavy atom. The molecule has 1 aromatic carbocycles. The van der Waals surface area contributed by atoms with Crippen LogP contribution in [-0.2, 0) is 22.4 Å². The van der Waals surface area contributed by atoms with E-state index in [-0.39, 0.29) is 36.7 Å². The molecule has 3 aromatic rings. The second-order valence-electron chi connectivity index (χ2n) is 8.27. The molecule has 2 heterocycles. The molecule has 0 aliphatic heterocycles. The smallest absolute Gasteiger partial charge is 0.263 e. The molecule has 3 N–H and O–H groups in total. The van der Waals surface area contributed by atoms with Crippen molar-refractivity contribution in [2.24, 2.45) is 0 Å². The van der Waals surface area contributed by atoms with Crippen LogP contribution in [0.15, 0.2) is 39.7 Å². The van der Waals surface area contributed by atoms with Crippen molar-refractivity contribution < 1.29 is 29.2 Å². The fraction of sp³-hybridized carbons (Fsp3) is 0.417. The minimum absolute atomic E-state index is 0.117. The summed E-state index contributed by atoms with van der Waals surface area (Å²) in [5.41, 5.74) is 1.09. The molecule has 0 radical (unpaired) electrons. The van der Waals surface area contributed by atoms with Crippen LogP contribution in [-0.4, -0.2) is 43.9 Å². The molecule has 0 aliphatic carbocycles. The fourth-order valence-electron chi connectivity index (χ4n) is 3.58. The number of aliphatic hydroxyl groups excluding tert-OH is 1. The zero-order chi connectivity index (χ0) is 25.0. The number of ether oxygens (including phenoxy) is 2. The SMILES string of the molecule is CCOC(O)c1c(O)c2ncc(Cc3ccc(F)cc3)c(Br)c2n(CCCOC(C)(C)O)c1=O. The Morgan fingerprint density at radius 3 is 2.56 bits per heavy atom. The van der Waals surface area contributed by atoms with Crippen molar-refractivity contribution in [1.82, 2.24) is 9.55 Å². The van der Waals surface area contributed by atoms with E-state index in [1.165, 1.54) is 30.5 Å². The molecule has 184 valence electrons. The largest absolute Gasteiger partial charge is 0.505 e. The molecule has 34 heavy (non-hydrogen) atoms. The summed E-state index contributed by atoms with van der Waals surface area (Å²) in [6.07, 6.45) is 0.700. The lowest BCUT2D eigenvalue weighted by atomic mass is 10.0. The van der Waals surface area contributed by atoms with Gasteiger partial charge in [-0.05, 0) is 66.4 Å². The van der Waals surface area contributed by atoms with Crippen LogP contribution in [0, 0.1) is 5.82 Å². The lowest BCUT2D eigenvalue weighted by Crippen LogP contribution is -2.29. The Kier molecular flexibility index (Phi) is 8.43. The maximum Gasteiger partial charge on any atom is 0.263 e. The van der Waals surface area contributed by atoms with Gasteiger partial charge in [0.25, 0.3) is 5.56 Å². The molecule has 3 rings (SSSR count). The fourth-order valence-corrected chi connectivity index (χ4v) is 4.22. The highest BCUT2D eigenvalue weighted by atomic mass is 79.9. The normalized spacial score (nSPS) is 12.9. The number of hydrogen-bond donors (Lipinski definition) is 3. The number of pyridine rings is 2. The summed E-state index contributed by atoms with van der Waals surface area (Å²) in [6.45, 7) is 5.14. The maximum absolute atomic E-state index is 13.4. The predicted octanol–water partition coefficient (Wildman–Crippen LogP) is 3.76. The summed E-state index contributed by atoms with van der Waals surface area (Å²) < 4.78 is 25.7. The summed E-state index contributed by atoms with van der Waals surface area (Å²) in [6, 6.07) is 6.05. The van der Waals surface area contributed by atoms with Crippen LogP contribution in [0.25, 0.3) is 11.0 Å². The summed E-state index contributed by atoms with van der Waals surface area (Å²) in [4.78, 5) is 17.7. The minimum atomic E-state index is -1.62. The van der Waals surface area contributed by atoms with E-state index in [0.29, 0.717) is 22.8 Å². The van der Waals surface area contributed by atoms with Crippen molar-refractivity contribution in [3.63, 3.8) is 0 Å². The van der Waals surface area contributed by atoms with Crippen LogP contribution < -0.4 is 5.56 Å². The summed E-state index contributed by atoms with van der Waals surface area (Å²) in [7, 11) is 0. The lowest BCUT2D eigenvalue weighted by Gasteiger charge is -2.21. The second kappa shape index (κ2) is 10.9. The standard InChI is InChI=1S/C24H28BrFN2O6/c1-4-33-23(31)17-21(29)19-20(28(22(17)30)10-5-11-34-24(2,3)32)18(25)15(13-27-19)12-14-6-8-16(26)9-7-14/h6-9,13,23,29,31-32H,4-5,10-12H2,1-3H3. The van der Waals surface area contributed by atoms with Crippen molar-refractivity contribution in [1.29, 1.82) is 0 Å². The van der Waals surface area contributed by atoms with Crippen molar-refractivity contribution in [2.75, 3.05) is 13.2 Å². The third-order valence-corrected chi connectivity index (χ3v) is 6.03. The van der Waals surface area contributed by atoms with Gasteiger partial charge in [-0.2, -0.15) is 0 Å². The highest BCUT2D eigenvalue weighted by molar-refractivity contribution is 9.10. The summed E-state index contributed by atoms with van der Waals surface area (Å²) in [5.74, 6) is -2.12. The number of nitrogens with zero attached hydrogens (tertiary/aromatic N) is 2. The maximum atomic E-state index is 13.4. The zero-order valence-electron chi connectivity index (χ0n) is 19.2. The first kappa shape index (κ1) is 26.2. The van der Waals surface area contributed by atoms with Gasteiger partial charge in [0.2, 0.25) is 0 Å². The van der Waals surface area contributed by atoms with Crippen molar-refractivity contribution in [3.05, 3.63) is 67.8 Å². The number of halogens is 2. The number of aromatic hydroxyl groups is 1. The molecule has 1 atom stereocenters. The predicted molar refractivity (Wildman–Crippen MR) is 128 cm³/mol. The Bertz CT molecular complexity index is 1210. The van der Waals surface area contributed by atoms with E-state index in [0.717, 1.165) is 11.1 Å². The van der Waals surface area contributed by atoms with Crippen LogP contribution in [0.4, 0.5) is 4.39 Å². The van der Waals surface area contributed by atoms with Gasteiger partial charge in [0, 0.05) is 30.2 Å². The molecule has 0 saturated heterocycles. The molecule has 1 unspecified atom stereocenters. The molecule has 0 fully saturated rings. The van der Waals surface area contributed by atoms with E-state index in [1.807, 2.05) is 0 Å². The molecule has 0 aliphatic rings. The number of aryl methyl sites for hydroxylation is 1. The van der Waals surface area contributed by atoms with Crippen LogP contribution in [0.3, 0.4) is 0 Å². The molecule has 10 heteroatoms. The van der Waals surface area contributed by atoms with Gasteiger partial charge in [-0.25, -0.2) is 4.39 Å². The molecule has 0 saturated carbocycles. The first-order valence-electron chi connectivity index (χ1n) is 10.9. The first-order chi connectivity index (χ1) is 16.0. The second-order valence-corrected chi connectivity index (χ2v) is 9.07. The molecule has 2 aromatic heterocycles. The van der Waals surface area contributed by atoms with Gasteiger partial charge in [-0.1, -0.05) is 12.1 Å². The monoisotopic (exact) mass is 538 g/mol. The van der Waals surface area contributed by atoms with Crippen LogP contribution in [0.2, 0.25) is 0 Å². The Hall–Kier alpha value is -2.37. The van der Waals surface area contributed by atoms with Crippen LogP contribution in [0.5, 0.6) is 5.75 Å². The Labute approximate surface area is 204 Å². The average Bonchev–Trinajstić information content (AvgIpc) is 2.76. The van der Waals surface area contributed by atoms with Gasteiger partial charge >= 0.3 is 0 Å². The van der Waals surface area contributed by atoms with E-state index >= 15 is 0 Å². The van der Waals surface area contributed by atoms with Crippen molar-refractivity contribution >= 4 is 27.0 Å². The molecule has 8 nitrogen and oxygen atoms in total. The quantitative estimate of drug-likeness (QED) is 0.266. The minimum Gasteiger partial charge on any atom is -0.505 e. The third-order valence-electron chi connectivity index (χ3n) is 5.15. The number of aromatic nitrogens is 2. The number of rotatable bonds is 10. The number of hydrogen-bond acceptors (Lipinski definition) is 7. The van der Waals surface area contributed by atoms with Gasteiger partial charge < -0.3 is 29.4 Å². The molecule has 0 spiro atoms. The Morgan fingerprint density at radius 2 is 1.94 bits per heavy atom.